The molecule has 0 spiro atoms. The van der Waals surface area contributed by atoms with Gasteiger partial charge in [0.2, 0.25) is 0 Å². The Morgan fingerprint density at radius 1 is 0.578 bits per heavy atom. The van der Waals surface area contributed by atoms with Crippen LogP contribution in [0.4, 0.5) is 0 Å². The Labute approximate surface area is 279 Å². The summed E-state index contributed by atoms with van der Waals surface area (Å²) in [5, 5.41) is 11.7. The SMILES string of the molecule is CCC1=C(CC)C2=NC1=Cc1[n-]c(c(CC)c1CC)/C(=C/C=C/[O-])C1=NC(=CC3=NC(=C2)C(CC)=C3CC)C(CC)=C1CC.[Ni+2]. The minimum absolute atomic E-state index is 0. The van der Waals surface area contributed by atoms with Crippen molar-refractivity contribution in [3.05, 3.63) is 104 Å². The molecule has 0 saturated carbocycles. The quantitative estimate of drug-likeness (QED) is 0.199. The van der Waals surface area contributed by atoms with Gasteiger partial charge in [0.25, 0.3) is 0 Å². The molecule has 0 aromatic carbocycles. The summed E-state index contributed by atoms with van der Waals surface area (Å²) in [6.45, 7) is 17.7. The molecule has 5 rings (SSSR count). The average molecular weight is 646 g/mol. The van der Waals surface area contributed by atoms with Gasteiger partial charge >= 0.3 is 16.5 Å². The molecule has 45 heavy (non-hydrogen) atoms. The minimum atomic E-state index is 0. The van der Waals surface area contributed by atoms with Crippen LogP contribution < -0.4 is 10.1 Å². The van der Waals surface area contributed by atoms with Crippen LogP contribution in [0.5, 0.6) is 0 Å². The molecule has 6 heteroatoms. The monoisotopic (exact) mass is 644 g/mol. The standard InChI is InChI=1S/C39H47N4O.Ni/c1-9-23-25(11-3)34-21-36-27(13-5)29(15-7)38(42-36)31(18-17-19-44)39-30(16-8)28(14-6)37(43-39)22-35-26(12-4)24(10-2)33(41-35)20-32(23)40-34;/h17-22H,9-16H2,1-8H3,(H-,40,41,42,43,44);/q-1;+2/p-1. The first-order chi connectivity index (χ1) is 21.4. The number of allylic oxidation sites excluding steroid dienone is 11. The maximum atomic E-state index is 11.7. The van der Waals surface area contributed by atoms with Gasteiger partial charge in [-0.1, -0.05) is 84.7 Å². The van der Waals surface area contributed by atoms with Crippen LogP contribution in [0.2, 0.25) is 0 Å². The van der Waals surface area contributed by atoms with Crippen LogP contribution in [0.25, 0.3) is 11.6 Å². The maximum Gasteiger partial charge on any atom is 2.00 e. The Balaban J connectivity index is 0.00000461. The van der Waals surface area contributed by atoms with E-state index in [0.717, 1.165) is 109 Å². The number of nitrogens with zero attached hydrogens (tertiary/aromatic N) is 4. The van der Waals surface area contributed by atoms with Crippen LogP contribution in [0, 0.1) is 0 Å². The van der Waals surface area contributed by atoms with Gasteiger partial charge < -0.3 is 10.1 Å². The van der Waals surface area contributed by atoms with Gasteiger partial charge in [0.05, 0.1) is 34.2 Å². The van der Waals surface area contributed by atoms with Crippen molar-refractivity contribution in [1.29, 1.82) is 0 Å². The zero-order chi connectivity index (χ0) is 31.5. The Hall–Kier alpha value is -3.50. The van der Waals surface area contributed by atoms with Crippen LogP contribution in [-0.4, -0.2) is 17.1 Å². The van der Waals surface area contributed by atoms with Crippen molar-refractivity contribution in [3.63, 3.8) is 0 Å². The van der Waals surface area contributed by atoms with E-state index in [2.05, 4.69) is 73.6 Å². The first-order valence-electron chi connectivity index (χ1n) is 16.7. The van der Waals surface area contributed by atoms with Crippen LogP contribution in [0.15, 0.2) is 96.1 Å². The smallest absolute Gasteiger partial charge is 0.878 e. The van der Waals surface area contributed by atoms with E-state index in [1.807, 2.05) is 6.08 Å². The van der Waals surface area contributed by atoms with Gasteiger partial charge in [0.15, 0.2) is 0 Å². The number of hydrogen-bond acceptors (Lipinski definition) is 4. The largest absolute Gasteiger partial charge is 2.00 e. The Bertz CT molecular complexity index is 1720. The molecule has 0 radical (unpaired) electrons. The molecular formula is C39H46N4NiO. The maximum absolute atomic E-state index is 11.7. The van der Waals surface area contributed by atoms with E-state index in [4.69, 9.17) is 20.0 Å². The van der Waals surface area contributed by atoms with Gasteiger partial charge in [0.1, 0.15) is 0 Å². The van der Waals surface area contributed by atoms with Crippen LogP contribution in [0.3, 0.4) is 0 Å². The zero-order valence-electron chi connectivity index (χ0n) is 28.1. The van der Waals surface area contributed by atoms with Gasteiger partial charge in [-0.15, -0.1) is 17.6 Å². The van der Waals surface area contributed by atoms with Crippen molar-refractivity contribution in [3.8, 4) is 0 Å². The molecule has 0 amide bonds. The second kappa shape index (κ2) is 14.7. The van der Waals surface area contributed by atoms with Crippen LogP contribution in [0.1, 0.15) is 116 Å². The molecule has 1 aromatic heterocycles. The number of hydrogen-bond donors (Lipinski definition) is 0. The molecule has 0 unspecified atom stereocenters. The Morgan fingerprint density at radius 2 is 1.04 bits per heavy atom. The van der Waals surface area contributed by atoms with Crippen molar-refractivity contribution >= 4 is 28.8 Å². The molecule has 0 aliphatic carbocycles. The molecule has 5 nitrogen and oxygen atoms in total. The van der Waals surface area contributed by atoms with Crippen molar-refractivity contribution in [2.75, 3.05) is 0 Å². The topological polar surface area (TPSA) is 74.2 Å². The molecule has 8 bridgehead atoms. The first kappa shape index (κ1) is 34.4. The molecule has 5 heterocycles. The Morgan fingerprint density at radius 3 is 1.51 bits per heavy atom. The number of rotatable bonds is 9. The summed E-state index contributed by atoms with van der Waals surface area (Å²) in [5.41, 5.74) is 18.8. The van der Waals surface area contributed by atoms with Gasteiger partial charge in [-0.2, -0.15) is 0 Å². The summed E-state index contributed by atoms with van der Waals surface area (Å²) in [6.07, 6.45) is 18.0. The molecule has 238 valence electrons. The molecule has 1 aromatic rings. The minimum Gasteiger partial charge on any atom is -0.878 e. The van der Waals surface area contributed by atoms with Crippen molar-refractivity contribution in [2.45, 2.75) is 107 Å². The van der Waals surface area contributed by atoms with E-state index in [1.54, 1.807) is 6.08 Å². The summed E-state index contributed by atoms with van der Waals surface area (Å²) >= 11 is 0. The molecular weight excluding hydrogens is 599 g/mol. The fourth-order valence-corrected chi connectivity index (χ4v) is 7.34. The van der Waals surface area contributed by atoms with Crippen LogP contribution >= 0.6 is 0 Å². The summed E-state index contributed by atoms with van der Waals surface area (Å²) < 4.78 is 0. The van der Waals surface area contributed by atoms with E-state index in [-0.39, 0.29) is 16.5 Å². The normalized spacial score (nSPS) is 18.9. The fourth-order valence-electron chi connectivity index (χ4n) is 7.34. The van der Waals surface area contributed by atoms with Gasteiger partial charge in [-0.25, -0.2) is 15.0 Å². The predicted molar refractivity (Wildman–Crippen MR) is 185 cm³/mol. The third-order valence-corrected chi connectivity index (χ3v) is 9.33. The molecule has 0 fully saturated rings. The Kier molecular flexibility index (Phi) is 11.3. The first-order valence-corrected chi connectivity index (χ1v) is 16.7. The molecule has 0 saturated heterocycles. The van der Waals surface area contributed by atoms with E-state index < -0.39 is 0 Å². The fraction of sp³-hybridized carbons (Fsp3) is 0.410. The van der Waals surface area contributed by atoms with Gasteiger partial charge in [-0.05, 0) is 103 Å². The van der Waals surface area contributed by atoms with E-state index in [0.29, 0.717) is 0 Å². The van der Waals surface area contributed by atoms with E-state index in [9.17, 15) is 5.11 Å². The molecule has 4 aliphatic heterocycles. The van der Waals surface area contributed by atoms with Gasteiger partial charge in [-0.3, -0.25) is 0 Å². The number of aliphatic imine (C=N–C) groups is 3. The summed E-state index contributed by atoms with van der Waals surface area (Å²) in [4.78, 5) is 21.2. The summed E-state index contributed by atoms with van der Waals surface area (Å²) in [6, 6.07) is 0. The van der Waals surface area contributed by atoms with Crippen molar-refractivity contribution in [1.82, 2.24) is 4.98 Å². The third-order valence-electron chi connectivity index (χ3n) is 9.33. The third kappa shape index (κ3) is 5.94. The molecule has 4 aliphatic rings. The van der Waals surface area contributed by atoms with Crippen molar-refractivity contribution in [2.24, 2.45) is 15.0 Å². The summed E-state index contributed by atoms with van der Waals surface area (Å²) in [7, 11) is 0. The second-order valence-electron chi connectivity index (χ2n) is 11.5. The summed E-state index contributed by atoms with van der Waals surface area (Å²) in [5.74, 6) is 0. The van der Waals surface area contributed by atoms with Crippen molar-refractivity contribution < 1.29 is 21.6 Å². The molecule has 0 N–H and O–H groups in total. The van der Waals surface area contributed by atoms with E-state index in [1.165, 1.54) is 44.6 Å². The average Bonchev–Trinajstić information content (AvgIpc) is 3.76. The predicted octanol–water partition coefficient (Wildman–Crippen LogP) is 8.86. The van der Waals surface area contributed by atoms with Crippen LogP contribution in [-0.2, 0) is 29.3 Å². The molecule has 0 atom stereocenters. The van der Waals surface area contributed by atoms with E-state index >= 15 is 0 Å². The van der Waals surface area contributed by atoms with Gasteiger partial charge in [0, 0.05) is 0 Å². The zero-order valence-corrected chi connectivity index (χ0v) is 29.1. The number of fused-ring (bicyclic) bond motifs is 5. The number of aromatic nitrogens is 1. The second-order valence-corrected chi connectivity index (χ2v) is 11.5.